The number of carbonyl (C=O) groups is 7. The van der Waals surface area contributed by atoms with Gasteiger partial charge in [0.1, 0.15) is 72.3 Å². The first-order valence-electron chi connectivity index (χ1n) is 46.3. The Kier molecular flexibility index (Phi) is 34.2. The zero-order chi connectivity index (χ0) is 103. The summed E-state index contributed by atoms with van der Waals surface area (Å²) in [7, 11) is -9.71. The number of unbranched alkanes of at least 4 members (excludes halogenated alkanes) is 2. The molecule has 17 rings (SSSR count). The molecule has 0 aromatic heterocycles. The van der Waals surface area contributed by atoms with Crippen molar-refractivity contribution in [3.05, 3.63) is 225 Å². The fourth-order valence-corrected chi connectivity index (χ4v) is 25.9. The van der Waals surface area contributed by atoms with Crippen LogP contribution in [0, 0.1) is 18.8 Å². The van der Waals surface area contributed by atoms with Crippen molar-refractivity contribution in [2.24, 2.45) is 21.8 Å². The number of allylic oxidation sites excluding steroid dienone is 10. The van der Waals surface area contributed by atoms with Gasteiger partial charge in [0.05, 0.1) is 99.0 Å². The standard InChI is InChI=1S/C39H42N4O11S2.C38H42N2O12S2.C18H25NO2.C5HN2O3.2K/c1-38(2)26-17-22(55-54-53-49)11-13-28(26)42(15-7-5-9-30(42)36(45)46)32(38)19-24-34(41-21-40)25(35(24)44)20-33-39(3,4)27-18-23(56(50,51)52)12-14-29(27)43(33)16-8-6-10-31(43)37(47)48;1-37(2)25-17-21(53-52-51-47)11-13-27(25)39(15-7-5-9-29(39)35(43)44)31(37)19-23-33(41)24(34(23)42)20-32-38(3,4)26-18-22(54(48,49)50)12-14-28(26)40(32)16-8-6-10-30(40)36(45)46;1-13-9-10-16-15(12-13)18(3,4)14(2)19(16)11-7-5-6-8-17(20)21;6-1-7-2-3(8)5(10)4(2)9;;/h11-14,17-20,24,30-31H,5-10,15-16H2,1-4H3,(H3-,45,46,47,48,49,50,51,52);11-14,17-20,23,29-30H,5-10,15-16H2,1-4H3,(H3-2,41,42,43,44,45,46,47,48,49,50);9-10,12H,5-8,11H2,1-4H3;8H;;/q;;;-1;2*+1/p-2. The number of carbonyl (C=O) groups excluding carboxylic acids is 2. The number of nitrogens with zero attached hydrogens (tertiary/aromatic N) is 9. The number of carboxylic acid groups (broad SMARTS) is 5. The van der Waals surface area contributed by atoms with Gasteiger partial charge in [-0.15, -0.1) is 5.76 Å². The van der Waals surface area contributed by atoms with Gasteiger partial charge in [-0.3, -0.25) is 34.0 Å². The molecule has 4 spiro atoms. The molecule has 0 radical (unpaired) electrons. The van der Waals surface area contributed by atoms with Gasteiger partial charge in [0.15, 0.2) is 41.4 Å². The van der Waals surface area contributed by atoms with Crippen LogP contribution < -0.4 is 152 Å². The van der Waals surface area contributed by atoms with Crippen molar-refractivity contribution in [1.82, 2.24) is 17.9 Å². The molecule has 748 valence electrons. The van der Waals surface area contributed by atoms with Crippen LogP contribution in [0.15, 0.2) is 200 Å². The number of rotatable bonds is 24. The molecule has 5 N–H and O–H groups in total. The van der Waals surface area contributed by atoms with Crippen LogP contribution in [0.2, 0.25) is 0 Å². The van der Waals surface area contributed by atoms with E-state index in [4.69, 9.17) is 10.5 Å². The quantitative estimate of drug-likeness (QED) is 0.00490. The summed E-state index contributed by atoms with van der Waals surface area (Å²) in [6.45, 7) is 26.2. The van der Waals surface area contributed by atoms with E-state index in [2.05, 4.69) is 79.2 Å². The molecule has 43 heteroatoms. The normalized spacial score (nSPS) is 26.7. The minimum atomic E-state index is -4.86. The number of Topliss-reactive ketones (excluding diaryl/α,β-unsaturated/α-hetero) is 2. The average Bonchev–Trinajstić information content (AvgIpc) is 1.53. The fraction of sp³-hybridized carbons (Fsp3) is 0.440. The van der Waals surface area contributed by atoms with Crippen LogP contribution in [0.5, 0.6) is 5.75 Å². The Bertz CT molecular complexity index is 6940. The number of aliphatic imine (C=N–C) groups is 2. The second-order valence-corrected chi connectivity index (χ2v) is 44.4. The maximum atomic E-state index is 14.6. The van der Waals surface area contributed by atoms with Gasteiger partial charge in [0, 0.05) is 142 Å². The third-order valence-electron chi connectivity index (χ3n) is 31.0. The first kappa shape index (κ1) is 113. The smallest absolute Gasteiger partial charge is 0.874 e. The number of aryl methyl sites for hydroxylation is 1. The molecular formula is C100H108K2N9O28S4-. The predicted octanol–water partition coefficient (Wildman–Crippen LogP) is 5.31. The summed E-state index contributed by atoms with van der Waals surface area (Å²) in [5, 5.41) is 122. The largest absolute Gasteiger partial charge is 1.00 e. The molecule has 9 heterocycles. The van der Waals surface area contributed by atoms with Gasteiger partial charge >= 0.3 is 133 Å². The van der Waals surface area contributed by atoms with E-state index in [0.717, 1.165) is 48.3 Å². The Morgan fingerprint density at radius 2 is 0.860 bits per heavy atom. The molecule has 37 nitrogen and oxygen atoms in total. The van der Waals surface area contributed by atoms with Gasteiger partial charge in [-0.1, -0.05) is 11.6 Å². The van der Waals surface area contributed by atoms with E-state index in [1.807, 2.05) is 45.8 Å². The van der Waals surface area contributed by atoms with Crippen LogP contribution in [-0.4, -0.2) is 172 Å². The summed E-state index contributed by atoms with van der Waals surface area (Å²) in [5.74, 6) is -9.48. The first-order chi connectivity index (χ1) is 66.2. The van der Waals surface area contributed by atoms with Crippen molar-refractivity contribution >= 4 is 138 Å². The summed E-state index contributed by atoms with van der Waals surface area (Å²) in [5.41, 5.74) is 6.22. The van der Waals surface area contributed by atoms with Gasteiger partial charge < -0.3 is 76.2 Å². The van der Waals surface area contributed by atoms with Crippen molar-refractivity contribution in [2.45, 2.75) is 257 Å². The molecule has 9 aliphatic heterocycles. The van der Waals surface area contributed by atoms with Crippen LogP contribution in [0.25, 0.3) is 10.8 Å². The molecule has 10 atom stereocenters. The van der Waals surface area contributed by atoms with Crippen LogP contribution >= 0.6 is 24.1 Å². The summed E-state index contributed by atoms with van der Waals surface area (Å²) in [6.07, 6.45) is 16.1. The number of hydrogen-bond donors (Lipinski definition) is 5. The predicted molar refractivity (Wildman–Crippen MR) is 509 cm³/mol. The molecule has 0 bridgehead atoms. The second kappa shape index (κ2) is 43.1. The Morgan fingerprint density at radius 3 is 1.24 bits per heavy atom. The third kappa shape index (κ3) is 19.8. The van der Waals surface area contributed by atoms with Crippen molar-refractivity contribution in [3.8, 4) is 5.75 Å². The minimum Gasteiger partial charge on any atom is -0.874 e. The van der Waals surface area contributed by atoms with Crippen molar-refractivity contribution in [2.75, 3.05) is 32.7 Å². The molecule has 4 fully saturated rings. The molecular weight excluding hydrogens is 1980 g/mol. The van der Waals surface area contributed by atoms with Crippen molar-refractivity contribution in [3.63, 3.8) is 0 Å². The number of aliphatic carboxylic acids is 5. The molecule has 6 aromatic carbocycles. The maximum Gasteiger partial charge on any atom is 1.00 e. The summed E-state index contributed by atoms with van der Waals surface area (Å²) >= 11 is 1.42. The maximum absolute atomic E-state index is 14.6. The van der Waals surface area contributed by atoms with Gasteiger partial charge in [-0.2, -0.15) is 25.3 Å². The fourth-order valence-electron chi connectivity index (χ4n) is 24.2. The number of fused-ring (bicyclic) bond motifs is 9. The van der Waals surface area contributed by atoms with E-state index in [9.17, 15) is 116 Å². The van der Waals surface area contributed by atoms with Gasteiger partial charge in [0.2, 0.25) is 16.5 Å². The zero-order valence-corrected chi connectivity index (χ0v) is 91.1. The number of benzene rings is 5. The summed E-state index contributed by atoms with van der Waals surface area (Å²) < 4.78 is 83.7. The minimum absolute atomic E-state index is 0. The summed E-state index contributed by atoms with van der Waals surface area (Å²) in [4.78, 5) is 119. The number of piperidine rings is 4. The number of carboxylic acids is 5. The van der Waals surface area contributed by atoms with Crippen molar-refractivity contribution in [1.29, 1.82) is 0 Å². The Balaban J connectivity index is 0.000000195. The van der Waals surface area contributed by atoms with Crippen LogP contribution in [0.3, 0.4) is 0 Å². The molecule has 6 aromatic rings. The van der Waals surface area contributed by atoms with Gasteiger partial charge in [-0.05, 0) is 219 Å². The number of quaternary nitrogens is 4. The van der Waals surface area contributed by atoms with Crippen LogP contribution in [-0.2, 0) is 99.6 Å². The zero-order valence-electron chi connectivity index (χ0n) is 81.6. The van der Waals surface area contributed by atoms with Crippen molar-refractivity contribution < 1.29 is 232 Å². The van der Waals surface area contributed by atoms with E-state index < -0.39 is 157 Å². The molecule has 0 amide bonds. The second-order valence-electron chi connectivity index (χ2n) is 40.1. The average molecular weight is 2090 g/mol. The molecule has 11 aliphatic rings. The molecule has 0 saturated carbocycles. The van der Waals surface area contributed by atoms with E-state index in [1.165, 1.54) is 71.0 Å². The topological polar surface area (TPSA) is 571 Å². The van der Waals surface area contributed by atoms with E-state index in [1.54, 1.807) is 70.2 Å². The molecule has 143 heavy (non-hydrogen) atoms. The number of hydrogen-bond acceptors (Lipinski definition) is 27. The molecule has 10 unspecified atom stereocenters. The summed E-state index contributed by atoms with van der Waals surface area (Å²) in [6, 6.07) is 24.6. The Hall–Kier alpha value is -8.27. The monoisotopic (exact) mass is 2090 g/mol. The molecule has 4 saturated heterocycles. The van der Waals surface area contributed by atoms with Gasteiger partial charge in [-0.25, -0.2) is 53.9 Å². The SMILES string of the molecule is CC1(C)C(=CC2C(=O)C(C=C3C(C)(C)c4cc(S(=O)(=O)[O-])ccc4[N+]34CCCCC4C(=O)O)=C2N=C=[N-])[N+]2(CCCCC2C(=O)O)c2ccc(SOO[O-])cc21.CC1(C)C(=CC2C(=O)C(C=C3C(C)(C)c4cc(S(=O)(=O)[O-])ccc4[N+]34CCCCC4C(=O)O)=C2[O-])[N+]2(CCCCC2C(=O)O)c2ccc(SOO[O-])cc21.CC1=[N+](CCCCCC(=O)O)c2ccc(C)cc2C1(C)C.[K+].[K+].[N-]=C=Nc1c([O-])c(=O)c1=O. The van der Waals surface area contributed by atoms with Crippen LogP contribution in [0.4, 0.5) is 34.1 Å². The third-order valence-corrected chi connectivity index (χ3v) is 33.8. The number of ketones is 2. The van der Waals surface area contributed by atoms with Crippen LogP contribution in [0.1, 0.15) is 212 Å². The Morgan fingerprint density at radius 1 is 0.483 bits per heavy atom. The Labute approximate surface area is 919 Å². The van der Waals surface area contributed by atoms with E-state index in [-0.39, 0.29) is 149 Å². The molecule has 2 aliphatic carbocycles. The van der Waals surface area contributed by atoms with E-state index in [0.29, 0.717) is 182 Å². The first-order valence-corrected chi connectivity index (χ1v) is 50.6. The van der Waals surface area contributed by atoms with E-state index >= 15 is 0 Å². The van der Waals surface area contributed by atoms with Gasteiger partial charge in [0.25, 0.3) is 0 Å².